The van der Waals surface area contributed by atoms with Gasteiger partial charge in [0.2, 0.25) is 11.8 Å². The van der Waals surface area contributed by atoms with Crippen molar-refractivity contribution in [2.24, 2.45) is 11.8 Å². The van der Waals surface area contributed by atoms with Gasteiger partial charge in [0.25, 0.3) is 5.92 Å². The SMILES string of the molecule is C[C@@H]1[C@@H](C(=O)N2CC(=O)N(C)CC2C(=O)O)C1(F)F. The fraction of sp³-hybridized carbons (Fsp3) is 0.727. The van der Waals surface area contributed by atoms with Crippen LogP contribution in [0.5, 0.6) is 0 Å². The minimum Gasteiger partial charge on any atom is -0.480 e. The van der Waals surface area contributed by atoms with Crippen LogP contribution in [0.2, 0.25) is 0 Å². The number of carboxylic acid groups (broad SMARTS) is 1. The van der Waals surface area contributed by atoms with Crippen LogP contribution in [-0.4, -0.2) is 64.8 Å². The molecule has 106 valence electrons. The smallest absolute Gasteiger partial charge is 0.328 e. The Morgan fingerprint density at radius 3 is 2.37 bits per heavy atom. The molecule has 1 aliphatic carbocycles. The number of likely N-dealkylation sites (N-methyl/N-ethyl adjacent to an activating group) is 1. The van der Waals surface area contributed by atoms with Crippen LogP contribution in [0.25, 0.3) is 0 Å². The van der Waals surface area contributed by atoms with E-state index < -0.39 is 48.1 Å². The van der Waals surface area contributed by atoms with Crippen molar-refractivity contribution < 1.29 is 28.3 Å². The molecule has 0 spiro atoms. The Morgan fingerprint density at radius 2 is 1.95 bits per heavy atom. The average molecular weight is 276 g/mol. The highest BCUT2D eigenvalue weighted by Crippen LogP contribution is 2.55. The first-order valence-electron chi connectivity index (χ1n) is 5.83. The van der Waals surface area contributed by atoms with Crippen molar-refractivity contribution in [3.63, 3.8) is 0 Å². The molecule has 8 heteroatoms. The van der Waals surface area contributed by atoms with Gasteiger partial charge < -0.3 is 14.9 Å². The number of carbonyl (C=O) groups is 3. The average Bonchev–Trinajstić information content (AvgIpc) is 2.80. The second-order valence-electron chi connectivity index (χ2n) is 5.04. The third-order valence-electron chi connectivity index (χ3n) is 3.80. The number of nitrogens with zero attached hydrogens (tertiary/aromatic N) is 2. The molecule has 0 aromatic heterocycles. The highest BCUT2D eigenvalue weighted by Gasteiger charge is 2.70. The van der Waals surface area contributed by atoms with Gasteiger partial charge in [-0.1, -0.05) is 6.92 Å². The number of carboxylic acids is 1. The van der Waals surface area contributed by atoms with E-state index in [-0.39, 0.29) is 6.54 Å². The number of alkyl halides is 2. The van der Waals surface area contributed by atoms with E-state index in [2.05, 4.69) is 0 Å². The van der Waals surface area contributed by atoms with E-state index in [1.54, 1.807) is 0 Å². The monoisotopic (exact) mass is 276 g/mol. The summed E-state index contributed by atoms with van der Waals surface area (Å²) in [6.07, 6.45) is 0. The highest BCUT2D eigenvalue weighted by atomic mass is 19.3. The summed E-state index contributed by atoms with van der Waals surface area (Å²) in [7, 11) is 1.41. The molecule has 1 unspecified atom stereocenters. The van der Waals surface area contributed by atoms with Gasteiger partial charge in [0.1, 0.15) is 18.5 Å². The molecule has 2 amide bonds. The molecular weight excluding hydrogens is 262 g/mol. The summed E-state index contributed by atoms with van der Waals surface area (Å²) in [4.78, 5) is 36.5. The lowest BCUT2D eigenvalue weighted by molar-refractivity contribution is -0.160. The van der Waals surface area contributed by atoms with E-state index in [4.69, 9.17) is 5.11 Å². The largest absolute Gasteiger partial charge is 0.480 e. The topological polar surface area (TPSA) is 77.9 Å². The number of amides is 2. The number of aliphatic carboxylic acids is 1. The molecule has 2 fully saturated rings. The summed E-state index contributed by atoms with van der Waals surface area (Å²) in [5.74, 6) is -8.43. The molecule has 0 bridgehead atoms. The van der Waals surface area contributed by atoms with Gasteiger partial charge in [-0.2, -0.15) is 0 Å². The van der Waals surface area contributed by atoms with Crippen molar-refractivity contribution >= 4 is 17.8 Å². The molecule has 1 aliphatic heterocycles. The molecular formula is C11H14F2N2O4. The molecule has 2 rings (SSSR count). The minimum atomic E-state index is -3.10. The fourth-order valence-corrected chi connectivity index (χ4v) is 2.32. The summed E-state index contributed by atoms with van der Waals surface area (Å²) >= 11 is 0. The molecule has 2 aliphatic rings. The van der Waals surface area contributed by atoms with Gasteiger partial charge in [-0.25, -0.2) is 13.6 Å². The Bertz CT molecular complexity index is 454. The maximum atomic E-state index is 13.2. The lowest BCUT2D eigenvalue weighted by Gasteiger charge is -2.37. The van der Waals surface area contributed by atoms with Crippen molar-refractivity contribution in [2.75, 3.05) is 20.1 Å². The van der Waals surface area contributed by atoms with Crippen molar-refractivity contribution in [1.29, 1.82) is 0 Å². The maximum absolute atomic E-state index is 13.2. The molecule has 0 aromatic carbocycles. The molecule has 1 saturated heterocycles. The summed E-state index contributed by atoms with van der Waals surface area (Å²) in [6.45, 7) is 0.578. The number of carbonyl (C=O) groups excluding carboxylic acids is 2. The minimum absolute atomic E-state index is 0.188. The van der Waals surface area contributed by atoms with Gasteiger partial charge in [-0.05, 0) is 0 Å². The predicted molar refractivity (Wildman–Crippen MR) is 58.4 cm³/mol. The van der Waals surface area contributed by atoms with E-state index in [1.807, 2.05) is 0 Å². The number of halogens is 2. The zero-order valence-electron chi connectivity index (χ0n) is 10.5. The van der Waals surface area contributed by atoms with Crippen LogP contribution in [0, 0.1) is 11.8 Å². The van der Waals surface area contributed by atoms with Crippen LogP contribution in [-0.2, 0) is 14.4 Å². The highest BCUT2D eigenvalue weighted by molar-refractivity contribution is 5.93. The maximum Gasteiger partial charge on any atom is 0.328 e. The lowest BCUT2D eigenvalue weighted by atomic mass is 10.1. The summed E-state index contributed by atoms with van der Waals surface area (Å²) in [5.41, 5.74) is 0. The summed E-state index contributed by atoms with van der Waals surface area (Å²) < 4.78 is 26.4. The third-order valence-corrected chi connectivity index (χ3v) is 3.80. The number of hydrogen-bond acceptors (Lipinski definition) is 3. The van der Waals surface area contributed by atoms with Crippen LogP contribution in [0.15, 0.2) is 0 Å². The zero-order chi connectivity index (χ0) is 14.5. The van der Waals surface area contributed by atoms with Crippen molar-refractivity contribution in [3.8, 4) is 0 Å². The quantitative estimate of drug-likeness (QED) is 0.747. The van der Waals surface area contributed by atoms with Crippen LogP contribution >= 0.6 is 0 Å². The first-order valence-corrected chi connectivity index (χ1v) is 5.83. The van der Waals surface area contributed by atoms with E-state index in [9.17, 15) is 23.2 Å². The summed E-state index contributed by atoms with van der Waals surface area (Å²) in [5, 5.41) is 9.04. The van der Waals surface area contributed by atoms with Gasteiger partial charge in [-0.15, -0.1) is 0 Å². The van der Waals surface area contributed by atoms with Crippen LogP contribution in [0.1, 0.15) is 6.92 Å². The van der Waals surface area contributed by atoms with E-state index in [0.717, 1.165) is 4.90 Å². The molecule has 6 nitrogen and oxygen atoms in total. The zero-order valence-corrected chi connectivity index (χ0v) is 10.5. The Kier molecular flexibility index (Phi) is 2.98. The Labute approximate surface area is 108 Å². The van der Waals surface area contributed by atoms with Gasteiger partial charge in [0, 0.05) is 13.0 Å². The standard InChI is InChI=1S/C11H14F2N2O4/c1-5-8(11(5,12)13)9(17)15-4-7(16)14(2)3-6(15)10(18)19/h5-6,8H,3-4H2,1-2H3,(H,18,19)/t5-,6?,8+/m1/s1. The van der Waals surface area contributed by atoms with E-state index >= 15 is 0 Å². The van der Waals surface area contributed by atoms with Crippen molar-refractivity contribution in [1.82, 2.24) is 9.80 Å². The second kappa shape index (κ2) is 4.14. The Hall–Kier alpha value is -1.73. The molecule has 19 heavy (non-hydrogen) atoms. The van der Waals surface area contributed by atoms with Gasteiger partial charge in [0.05, 0.1) is 6.54 Å². The third kappa shape index (κ3) is 2.04. The van der Waals surface area contributed by atoms with Gasteiger partial charge in [-0.3, -0.25) is 9.59 Å². The normalized spacial score (nSPS) is 33.3. The fourth-order valence-electron chi connectivity index (χ4n) is 2.32. The second-order valence-corrected chi connectivity index (χ2v) is 5.04. The number of rotatable bonds is 2. The van der Waals surface area contributed by atoms with Crippen molar-refractivity contribution in [2.45, 2.75) is 18.9 Å². The number of hydrogen-bond donors (Lipinski definition) is 1. The molecule has 1 heterocycles. The molecule has 0 aromatic rings. The van der Waals surface area contributed by atoms with Gasteiger partial charge in [0.15, 0.2) is 0 Å². The first kappa shape index (κ1) is 13.7. The van der Waals surface area contributed by atoms with E-state index in [1.165, 1.54) is 18.9 Å². The molecule has 1 N–H and O–H groups in total. The Balaban J connectivity index is 2.19. The van der Waals surface area contributed by atoms with Crippen LogP contribution in [0.4, 0.5) is 8.78 Å². The predicted octanol–water partition coefficient (Wildman–Crippen LogP) is -0.359. The van der Waals surface area contributed by atoms with Crippen molar-refractivity contribution in [3.05, 3.63) is 0 Å². The molecule has 3 atom stereocenters. The molecule has 1 saturated carbocycles. The molecule has 0 radical (unpaired) electrons. The van der Waals surface area contributed by atoms with Crippen LogP contribution in [0.3, 0.4) is 0 Å². The lowest BCUT2D eigenvalue weighted by Crippen LogP contribution is -2.60. The first-order chi connectivity index (χ1) is 8.67. The Morgan fingerprint density at radius 1 is 1.42 bits per heavy atom. The number of piperazine rings is 1. The van der Waals surface area contributed by atoms with Gasteiger partial charge >= 0.3 is 5.97 Å². The van der Waals surface area contributed by atoms with Crippen LogP contribution < -0.4 is 0 Å². The summed E-state index contributed by atoms with van der Waals surface area (Å²) in [6, 6.07) is -1.27. The van der Waals surface area contributed by atoms with E-state index in [0.29, 0.717) is 0 Å².